The third-order valence-electron chi connectivity index (χ3n) is 2.37. The number of halogens is 1. The van der Waals surface area contributed by atoms with Crippen molar-refractivity contribution in [3.8, 4) is 5.75 Å². The first kappa shape index (κ1) is 13.7. The van der Waals surface area contributed by atoms with Crippen molar-refractivity contribution in [1.82, 2.24) is 5.32 Å². The maximum atomic E-state index is 11.8. The van der Waals surface area contributed by atoms with Gasteiger partial charge in [0.05, 0.1) is 17.6 Å². The normalized spacial score (nSPS) is 11.8. The van der Waals surface area contributed by atoms with Crippen LogP contribution in [0.1, 0.15) is 24.2 Å². The molecule has 0 aliphatic carbocycles. The largest absolute Gasteiger partial charge is 0.496 e. The van der Waals surface area contributed by atoms with Crippen LogP contribution < -0.4 is 10.1 Å². The number of methoxy groups -OCH3 is 1. The van der Waals surface area contributed by atoms with Crippen LogP contribution in [0.2, 0.25) is 0 Å². The standard InChI is InChI=1S/C12H14BrNO3/c1-7(8(2)15)14-12(16)9-4-5-11(17-3)10(13)6-9/h4-7H,1-3H3,(H,14,16). The van der Waals surface area contributed by atoms with Gasteiger partial charge in [0, 0.05) is 5.56 Å². The van der Waals surface area contributed by atoms with E-state index in [-0.39, 0.29) is 11.7 Å². The topological polar surface area (TPSA) is 55.4 Å². The first-order valence-electron chi connectivity index (χ1n) is 5.10. The molecule has 0 aromatic heterocycles. The molecule has 1 aromatic carbocycles. The number of carbonyl (C=O) groups is 2. The number of benzene rings is 1. The lowest BCUT2D eigenvalue weighted by Gasteiger charge is -2.11. The lowest BCUT2D eigenvalue weighted by Crippen LogP contribution is -2.37. The quantitative estimate of drug-likeness (QED) is 0.927. The number of Topliss-reactive ketones (excluding diaryl/α,β-unsaturated/α-hetero) is 1. The Kier molecular flexibility index (Phi) is 4.69. The van der Waals surface area contributed by atoms with Crippen LogP contribution in [0.5, 0.6) is 5.75 Å². The highest BCUT2D eigenvalue weighted by Crippen LogP contribution is 2.25. The monoisotopic (exact) mass is 299 g/mol. The second-order valence-electron chi connectivity index (χ2n) is 3.66. The van der Waals surface area contributed by atoms with Crippen molar-refractivity contribution >= 4 is 27.6 Å². The van der Waals surface area contributed by atoms with Gasteiger partial charge in [0.15, 0.2) is 5.78 Å². The Balaban J connectivity index is 2.83. The van der Waals surface area contributed by atoms with Crippen molar-refractivity contribution in [2.24, 2.45) is 0 Å². The molecule has 1 atom stereocenters. The summed E-state index contributed by atoms with van der Waals surface area (Å²) in [4.78, 5) is 22.8. The van der Waals surface area contributed by atoms with Crippen molar-refractivity contribution in [2.75, 3.05) is 7.11 Å². The van der Waals surface area contributed by atoms with Crippen LogP contribution in [0.25, 0.3) is 0 Å². The van der Waals surface area contributed by atoms with E-state index in [1.165, 1.54) is 6.92 Å². The third-order valence-corrected chi connectivity index (χ3v) is 2.99. The molecule has 1 aromatic rings. The molecule has 0 spiro atoms. The molecule has 1 rings (SSSR count). The molecule has 5 heteroatoms. The molecule has 0 aliphatic heterocycles. The molecule has 0 saturated heterocycles. The molecule has 1 N–H and O–H groups in total. The predicted molar refractivity (Wildman–Crippen MR) is 68.3 cm³/mol. The molecule has 1 unspecified atom stereocenters. The van der Waals surface area contributed by atoms with Crippen LogP contribution in [-0.4, -0.2) is 24.8 Å². The number of amides is 1. The van der Waals surface area contributed by atoms with Gasteiger partial charge in [-0.1, -0.05) is 0 Å². The molecule has 0 bridgehead atoms. The summed E-state index contributed by atoms with van der Waals surface area (Å²) < 4.78 is 5.76. The van der Waals surface area contributed by atoms with Gasteiger partial charge in [-0.3, -0.25) is 9.59 Å². The summed E-state index contributed by atoms with van der Waals surface area (Å²) in [6.07, 6.45) is 0. The van der Waals surface area contributed by atoms with E-state index in [4.69, 9.17) is 4.74 Å². The van der Waals surface area contributed by atoms with Gasteiger partial charge in [0.2, 0.25) is 0 Å². The van der Waals surface area contributed by atoms with E-state index >= 15 is 0 Å². The van der Waals surface area contributed by atoms with E-state index < -0.39 is 6.04 Å². The minimum absolute atomic E-state index is 0.0778. The molecule has 92 valence electrons. The fraction of sp³-hybridized carbons (Fsp3) is 0.333. The Hall–Kier alpha value is -1.36. The average Bonchev–Trinajstić information content (AvgIpc) is 2.28. The van der Waals surface area contributed by atoms with Gasteiger partial charge in [-0.15, -0.1) is 0 Å². The highest BCUT2D eigenvalue weighted by molar-refractivity contribution is 9.10. The molecule has 0 aliphatic rings. The van der Waals surface area contributed by atoms with E-state index in [1.807, 2.05) is 0 Å². The Morgan fingerprint density at radius 2 is 2.06 bits per heavy atom. The van der Waals surface area contributed by atoms with E-state index in [0.717, 1.165) is 0 Å². The molecule has 0 heterocycles. The van der Waals surface area contributed by atoms with Gasteiger partial charge in [-0.25, -0.2) is 0 Å². The second kappa shape index (κ2) is 5.82. The Labute approximate surface area is 108 Å². The lowest BCUT2D eigenvalue weighted by atomic mass is 10.1. The van der Waals surface area contributed by atoms with Crippen LogP contribution in [-0.2, 0) is 4.79 Å². The minimum Gasteiger partial charge on any atom is -0.496 e. The Bertz CT molecular complexity index is 445. The lowest BCUT2D eigenvalue weighted by molar-refractivity contribution is -0.118. The molecular weight excluding hydrogens is 286 g/mol. The molecule has 0 radical (unpaired) electrons. The highest BCUT2D eigenvalue weighted by atomic mass is 79.9. The molecular formula is C12H14BrNO3. The van der Waals surface area contributed by atoms with Crippen LogP contribution >= 0.6 is 15.9 Å². The van der Waals surface area contributed by atoms with Gasteiger partial charge in [-0.2, -0.15) is 0 Å². The fourth-order valence-electron chi connectivity index (χ4n) is 1.19. The summed E-state index contributed by atoms with van der Waals surface area (Å²) >= 11 is 3.30. The van der Waals surface area contributed by atoms with Gasteiger partial charge >= 0.3 is 0 Å². The fourth-order valence-corrected chi connectivity index (χ4v) is 1.73. The molecule has 1 amide bonds. The SMILES string of the molecule is COc1ccc(C(=O)NC(C)C(C)=O)cc1Br. The van der Waals surface area contributed by atoms with Gasteiger partial charge in [0.25, 0.3) is 5.91 Å². The highest BCUT2D eigenvalue weighted by Gasteiger charge is 2.14. The van der Waals surface area contributed by atoms with Crippen molar-refractivity contribution < 1.29 is 14.3 Å². The van der Waals surface area contributed by atoms with Crippen LogP contribution in [0.3, 0.4) is 0 Å². The molecule has 17 heavy (non-hydrogen) atoms. The van der Waals surface area contributed by atoms with Gasteiger partial charge in [-0.05, 0) is 48.0 Å². The number of hydrogen-bond donors (Lipinski definition) is 1. The molecule has 0 saturated carbocycles. The van der Waals surface area contributed by atoms with Crippen LogP contribution in [0.15, 0.2) is 22.7 Å². The van der Waals surface area contributed by atoms with Crippen molar-refractivity contribution in [2.45, 2.75) is 19.9 Å². The van der Waals surface area contributed by atoms with E-state index in [2.05, 4.69) is 21.2 Å². The van der Waals surface area contributed by atoms with Crippen molar-refractivity contribution in [1.29, 1.82) is 0 Å². The Morgan fingerprint density at radius 1 is 1.41 bits per heavy atom. The average molecular weight is 300 g/mol. The summed E-state index contributed by atoms with van der Waals surface area (Å²) in [6, 6.07) is 4.51. The maximum Gasteiger partial charge on any atom is 0.251 e. The van der Waals surface area contributed by atoms with E-state index in [9.17, 15) is 9.59 Å². The predicted octanol–water partition coefficient (Wildman–Crippen LogP) is 2.17. The third kappa shape index (κ3) is 3.56. The summed E-state index contributed by atoms with van der Waals surface area (Å²) in [5.41, 5.74) is 0.478. The van der Waals surface area contributed by atoms with Gasteiger partial charge in [0.1, 0.15) is 5.75 Å². The number of nitrogens with one attached hydrogen (secondary N) is 1. The van der Waals surface area contributed by atoms with Crippen molar-refractivity contribution in [3.63, 3.8) is 0 Å². The van der Waals surface area contributed by atoms with Crippen molar-refractivity contribution in [3.05, 3.63) is 28.2 Å². The zero-order chi connectivity index (χ0) is 13.0. The Morgan fingerprint density at radius 3 is 2.53 bits per heavy atom. The minimum atomic E-state index is -0.483. The first-order valence-corrected chi connectivity index (χ1v) is 5.90. The number of carbonyl (C=O) groups excluding carboxylic acids is 2. The van der Waals surface area contributed by atoms with Crippen LogP contribution in [0.4, 0.5) is 0 Å². The number of rotatable bonds is 4. The molecule has 4 nitrogen and oxygen atoms in total. The molecule has 0 fully saturated rings. The zero-order valence-corrected chi connectivity index (χ0v) is 11.5. The van der Waals surface area contributed by atoms with E-state index in [0.29, 0.717) is 15.8 Å². The summed E-state index contributed by atoms with van der Waals surface area (Å²) in [6.45, 7) is 3.09. The number of ketones is 1. The van der Waals surface area contributed by atoms with Crippen LogP contribution in [0, 0.1) is 0 Å². The smallest absolute Gasteiger partial charge is 0.251 e. The summed E-state index contributed by atoms with van der Waals surface area (Å²) in [7, 11) is 1.55. The summed E-state index contributed by atoms with van der Waals surface area (Å²) in [5.74, 6) is 0.295. The summed E-state index contributed by atoms with van der Waals surface area (Å²) in [5, 5.41) is 2.61. The van der Waals surface area contributed by atoms with E-state index in [1.54, 1.807) is 32.2 Å². The first-order chi connectivity index (χ1) is 7.95. The second-order valence-corrected chi connectivity index (χ2v) is 4.51. The zero-order valence-electron chi connectivity index (χ0n) is 9.91. The maximum absolute atomic E-state index is 11.8. The number of hydrogen-bond acceptors (Lipinski definition) is 3. The number of ether oxygens (including phenoxy) is 1. The van der Waals surface area contributed by atoms with Gasteiger partial charge < -0.3 is 10.1 Å².